The molecule has 3 heteroatoms. The smallest absolute Gasteiger partial charge is 0.173 e. The fraction of sp³-hybridized carbons (Fsp3) is 0.571. The van der Waals surface area contributed by atoms with Gasteiger partial charge in [-0.1, -0.05) is 19.1 Å². The van der Waals surface area contributed by atoms with Crippen LogP contribution >= 0.6 is 11.6 Å². The summed E-state index contributed by atoms with van der Waals surface area (Å²) in [7, 11) is 1.74. The number of methoxy groups -OCH3 is 1. The van der Waals surface area contributed by atoms with E-state index in [-0.39, 0.29) is 17.1 Å². The highest BCUT2D eigenvalue weighted by atomic mass is 35.5. The van der Waals surface area contributed by atoms with E-state index in [2.05, 4.69) is 31.2 Å². The third kappa shape index (κ3) is 2.26. The molecule has 4 rings (SSSR count). The van der Waals surface area contributed by atoms with Crippen LogP contribution in [-0.2, 0) is 11.2 Å². The minimum absolute atomic E-state index is 0.0388. The van der Waals surface area contributed by atoms with Gasteiger partial charge in [-0.25, -0.2) is 0 Å². The molecule has 0 spiro atoms. The summed E-state index contributed by atoms with van der Waals surface area (Å²) in [6.07, 6.45) is 7.85. The summed E-state index contributed by atoms with van der Waals surface area (Å²) in [5.41, 5.74) is 4.03. The average molecular weight is 345 g/mol. The molecular weight excluding hydrogens is 320 g/mol. The summed E-state index contributed by atoms with van der Waals surface area (Å²) >= 11 is 5.86. The van der Waals surface area contributed by atoms with Crippen LogP contribution in [0.5, 0.6) is 5.75 Å². The SMILES string of the molecule is COc1ccc2c(c1)CC[C@@H]1[C@@H]2CC[C@]2(C)C(C(=O)CCl)=CC[C@@H]12. The normalized spacial score (nSPS) is 34.0. The molecular formula is C21H25ClO2. The highest BCUT2D eigenvalue weighted by Gasteiger charge is 2.52. The number of ketones is 1. The minimum atomic E-state index is 0.0388. The number of Topliss-reactive ketones (excluding diaryl/α,β-unsaturated/α-hetero) is 1. The first kappa shape index (κ1) is 16.2. The van der Waals surface area contributed by atoms with E-state index in [1.165, 1.54) is 24.0 Å². The van der Waals surface area contributed by atoms with Crippen molar-refractivity contribution in [2.45, 2.75) is 44.9 Å². The first-order valence-electron chi connectivity index (χ1n) is 9.05. The summed E-state index contributed by atoms with van der Waals surface area (Å²) in [4.78, 5) is 12.3. The van der Waals surface area contributed by atoms with Crippen LogP contribution in [0.25, 0.3) is 0 Å². The highest BCUT2D eigenvalue weighted by Crippen LogP contribution is 2.61. The van der Waals surface area contributed by atoms with Crippen molar-refractivity contribution in [2.24, 2.45) is 17.3 Å². The van der Waals surface area contributed by atoms with Gasteiger partial charge in [0, 0.05) is 0 Å². The summed E-state index contributed by atoms with van der Waals surface area (Å²) in [6, 6.07) is 6.60. The zero-order valence-electron chi connectivity index (χ0n) is 14.5. The van der Waals surface area contributed by atoms with E-state index < -0.39 is 0 Å². The van der Waals surface area contributed by atoms with Crippen molar-refractivity contribution >= 4 is 17.4 Å². The second kappa shape index (κ2) is 5.91. The van der Waals surface area contributed by atoms with Crippen LogP contribution in [0.15, 0.2) is 29.8 Å². The second-order valence-electron chi connectivity index (χ2n) is 7.85. The van der Waals surface area contributed by atoms with Gasteiger partial charge in [0.05, 0.1) is 13.0 Å². The number of hydrogen-bond acceptors (Lipinski definition) is 2. The number of carbonyl (C=O) groups excluding carboxylic acids is 1. The average Bonchev–Trinajstić information content (AvgIpc) is 2.97. The zero-order chi connectivity index (χ0) is 16.9. The lowest BCUT2D eigenvalue weighted by Crippen LogP contribution is -2.42. The van der Waals surface area contributed by atoms with Crippen molar-refractivity contribution in [2.75, 3.05) is 13.0 Å². The zero-order valence-corrected chi connectivity index (χ0v) is 15.2. The Labute approximate surface area is 149 Å². The minimum Gasteiger partial charge on any atom is -0.497 e. The van der Waals surface area contributed by atoms with Gasteiger partial charge >= 0.3 is 0 Å². The lowest BCUT2D eigenvalue weighted by Gasteiger charge is -2.50. The van der Waals surface area contributed by atoms with Crippen LogP contribution in [0.1, 0.15) is 49.7 Å². The van der Waals surface area contributed by atoms with Gasteiger partial charge in [-0.15, -0.1) is 11.6 Å². The largest absolute Gasteiger partial charge is 0.497 e. The van der Waals surface area contributed by atoms with Crippen molar-refractivity contribution in [3.63, 3.8) is 0 Å². The van der Waals surface area contributed by atoms with Crippen LogP contribution in [0.2, 0.25) is 0 Å². The summed E-state index contributed by atoms with van der Waals surface area (Å²) in [5.74, 6) is 3.13. The summed E-state index contributed by atoms with van der Waals surface area (Å²) in [6.45, 7) is 2.31. The molecule has 0 amide bonds. The molecule has 0 bridgehead atoms. The molecule has 0 saturated heterocycles. The first-order chi connectivity index (χ1) is 11.6. The molecule has 0 aliphatic heterocycles. The van der Waals surface area contributed by atoms with E-state index in [9.17, 15) is 4.79 Å². The van der Waals surface area contributed by atoms with Crippen LogP contribution in [0, 0.1) is 17.3 Å². The molecule has 0 radical (unpaired) electrons. The Balaban J connectivity index is 1.65. The maximum Gasteiger partial charge on any atom is 0.173 e. The molecule has 128 valence electrons. The molecule has 1 aromatic carbocycles. The number of rotatable bonds is 3. The van der Waals surface area contributed by atoms with Crippen molar-refractivity contribution in [3.8, 4) is 5.75 Å². The summed E-state index contributed by atoms with van der Waals surface area (Å²) < 4.78 is 5.40. The maximum atomic E-state index is 12.3. The molecule has 1 aromatic rings. The Morgan fingerprint density at radius 1 is 1.38 bits per heavy atom. The molecule has 1 fully saturated rings. The molecule has 4 atom stereocenters. The Morgan fingerprint density at radius 3 is 2.96 bits per heavy atom. The van der Waals surface area contributed by atoms with E-state index in [1.54, 1.807) is 7.11 Å². The third-order valence-electron chi connectivity index (χ3n) is 6.94. The van der Waals surface area contributed by atoms with Gasteiger partial charge in [0.15, 0.2) is 5.78 Å². The Morgan fingerprint density at radius 2 is 2.21 bits per heavy atom. The van der Waals surface area contributed by atoms with E-state index in [0.29, 0.717) is 17.8 Å². The van der Waals surface area contributed by atoms with Gasteiger partial charge in [0.25, 0.3) is 0 Å². The van der Waals surface area contributed by atoms with Gasteiger partial charge < -0.3 is 4.74 Å². The maximum absolute atomic E-state index is 12.3. The Kier molecular flexibility index (Phi) is 3.99. The van der Waals surface area contributed by atoms with Crippen LogP contribution < -0.4 is 4.74 Å². The van der Waals surface area contributed by atoms with E-state index in [1.807, 2.05) is 0 Å². The van der Waals surface area contributed by atoms with Crippen LogP contribution in [0.3, 0.4) is 0 Å². The lowest BCUT2D eigenvalue weighted by molar-refractivity contribution is -0.115. The Bertz CT molecular complexity index is 708. The molecule has 2 nitrogen and oxygen atoms in total. The monoisotopic (exact) mass is 344 g/mol. The van der Waals surface area contributed by atoms with Crippen molar-refractivity contribution in [1.29, 1.82) is 0 Å². The number of hydrogen-bond donors (Lipinski definition) is 0. The molecule has 3 aliphatic rings. The fourth-order valence-electron chi connectivity index (χ4n) is 5.76. The van der Waals surface area contributed by atoms with Crippen molar-refractivity contribution in [3.05, 3.63) is 41.0 Å². The quantitative estimate of drug-likeness (QED) is 0.729. The molecule has 3 aliphatic carbocycles. The first-order valence-corrected chi connectivity index (χ1v) is 9.58. The summed E-state index contributed by atoms with van der Waals surface area (Å²) in [5, 5.41) is 0. The van der Waals surface area contributed by atoms with Crippen LogP contribution in [-0.4, -0.2) is 18.8 Å². The number of fused-ring (bicyclic) bond motifs is 5. The van der Waals surface area contributed by atoms with E-state index in [0.717, 1.165) is 30.6 Å². The topological polar surface area (TPSA) is 26.3 Å². The van der Waals surface area contributed by atoms with Gasteiger partial charge in [-0.3, -0.25) is 4.79 Å². The molecule has 0 unspecified atom stereocenters. The molecule has 0 heterocycles. The standard InChI is InChI=1S/C21H25ClO2/c1-21-10-9-16-15-6-4-14(24-2)11-13(15)3-5-17(16)18(21)7-8-19(21)20(23)12-22/h4,6,8,11,16-18H,3,5,7,9-10,12H2,1-2H3/t16-,17-,18+,21+/m1/s1. The van der Waals surface area contributed by atoms with Gasteiger partial charge in [-0.05, 0) is 84.1 Å². The second-order valence-corrected chi connectivity index (χ2v) is 8.11. The molecule has 0 aromatic heterocycles. The van der Waals surface area contributed by atoms with E-state index in [4.69, 9.17) is 16.3 Å². The number of halogens is 1. The van der Waals surface area contributed by atoms with Crippen LogP contribution in [0.4, 0.5) is 0 Å². The third-order valence-corrected chi connectivity index (χ3v) is 7.18. The Hall–Kier alpha value is -1.28. The molecule has 1 saturated carbocycles. The van der Waals surface area contributed by atoms with Crippen molar-refractivity contribution in [1.82, 2.24) is 0 Å². The lowest BCUT2D eigenvalue weighted by atomic mass is 9.54. The van der Waals surface area contributed by atoms with Gasteiger partial charge in [-0.2, -0.15) is 0 Å². The van der Waals surface area contributed by atoms with Gasteiger partial charge in [0.1, 0.15) is 5.75 Å². The highest BCUT2D eigenvalue weighted by molar-refractivity contribution is 6.30. The number of benzene rings is 1. The number of ether oxygens (including phenoxy) is 1. The predicted molar refractivity (Wildman–Crippen MR) is 96.8 cm³/mol. The number of aryl methyl sites for hydroxylation is 1. The number of allylic oxidation sites excluding steroid dienone is 2. The number of carbonyl (C=O) groups is 1. The molecule has 0 N–H and O–H groups in total. The predicted octanol–water partition coefficient (Wildman–Crippen LogP) is 4.90. The molecule has 24 heavy (non-hydrogen) atoms. The van der Waals surface area contributed by atoms with E-state index >= 15 is 0 Å². The fourth-order valence-corrected chi connectivity index (χ4v) is 5.90. The van der Waals surface area contributed by atoms with Crippen molar-refractivity contribution < 1.29 is 9.53 Å². The number of alkyl halides is 1. The van der Waals surface area contributed by atoms with Gasteiger partial charge in [0.2, 0.25) is 0 Å².